The van der Waals surface area contributed by atoms with Crippen molar-refractivity contribution in [1.82, 2.24) is 9.97 Å². The van der Waals surface area contributed by atoms with Gasteiger partial charge in [0.2, 0.25) is 0 Å². The number of aliphatic hydroxyl groups excluding tert-OH is 1. The fourth-order valence-corrected chi connectivity index (χ4v) is 4.09. The number of rotatable bonds is 7. The summed E-state index contributed by atoms with van der Waals surface area (Å²) in [7, 11) is 1.65. The van der Waals surface area contributed by atoms with Gasteiger partial charge >= 0.3 is 0 Å². The summed E-state index contributed by atoms with van der Waals surface area (Å²) in [5.41, 5.74) is 3.32. The second-order valence-corrected chi connectivity index (χ2v) is 7.71. The van der Waals surface area contributed by atoms with E-state index in [1.165, 1.54) is 12.4 Å². The quantitative estimate of drug-likeness (QED) is 0.392. The zero-order valence-corrected chi connectivity index (χ0v) is 17.4. The van der Waals surface area contributed by atoms with Crippen LogP contribution in [0.2, 0.25) is 0 Å². The second-order valence-electron chi connectivity index (χ2n) is 7.71. The average Bonchev–Trinajstić information content (AvgIpc) is 2.82. The van der Waals surface area contributed by atoms with Crippen LogP contribution in [0.15, 0.2) is 42.7 Å². The van der Waals surface area contributed by atoms with Crippen LogP contribution in [0, 0.1) is 16.0 Å². The van der Waals surface area contributed by atoms with E-state index < -0.39 is 4.92 Å². The van der Waals surface area contributed by atoms with Crippen molar-refractivity contribution in [3.63, 3.8) is 0 Å². The van der Waals surface area contributed by atoms with Gasteiger partial charge in [0.1, 0.15) is 17.8 Å². The number of aliphatic hydroxyl groups is 1. The molecule has 1 aromatic heterocycles. The lowest BCUT2D eigenvalue weighted by Gasteiger charge is -2.34. The number of fused-ring (bicyclic) bond motifs is 1. The van der Waals surface area contributed by atoms with Gasteiger partial charge in [-0.25, -0.2) is 9.97 Å². The van der Waals surface area contributed by atoms with Crippen LogP contribution >= 0.6 is 0 Å². The fourth-order valence-electron chi connectivity index (χ4n) is 4.09. The highest BCUT2D eigenvalue weighted by atomic mass is 16.6. The van der Waals surface area contributed by atoms with E-state index in [9.17, 15) is 15.2 Å². The molecule has 0 saturated carbocycles. The Morgan fingerprint density at radius 1 is 1.23 bits per heavy atom. The highest BCUT2D eigenvalue weighted by molar-refractivity contribution is 5.94. The number of benzene rings is 2. The summed E-state index contributed by atoms with van der Waals surface area (Å²) in [6.07, 6.45) is 3.42. The first-order valence-corrected chi connectivity index (χ1v) is 10.4. The van der Waals surface area contributed by atoms with Crippen molar-refractivity contribution in [1.29, 1.82) is 0 Å². The van der Waals surface area contributed by atoms with Crippen LogP contribution in [0.25, 0.3) is 10.9 Å². The van der Waals surface area contributed by atoms with Crippen molar-refractivity contribution in [3.05, 3.63) is 58.4 Å². The van der Waals surface area contributed by atoms with Crippen molar-refractivity contribution >= 4 is 33.8 Å². The number of hydrogen-bond acceptors (Lipinski definition) is 8. The van der Waals surface area contributed by atoms with Gasteiger partial charge in [-0.2, -0.15) is 0 Å². The molecule has 9 nitrogen and oxygen atoms in total. The number of para-hydroxylation sites is 1. The molecule has 0 aliphatic carbocycles. The van der Waals surface area contributed by atoms with Gasteiger partial charge in [0.25, 0.3) is 5.69 Å². The van der Waals surface area contributed by atoms with Crippen molar-refractivity contribution in [2.24, 2.45) is 5.92 Å². The minimum Gasteiger partial charge on any atom is -0.396 e. The number of anilines is 3. The normalized spacial score (nSPS) is 14.6. The number of piperidine rings is 1. The standard InChI is InChI=1S/C22H26N6O3/c1-23-19-11-18-17(10-21(19)28(30)31)22(26-14-25-18)24-12-16-4-2-3-5-20(16)27-8-6-15(13-29)7-9-27/h2-5,10-11,14-15,23,29H,6-9,12-13H2,1H3,(H,24,25,26). The molecule has 0 unspecified atom stereocenters. The monoisotopic (exact) mass is 422 g/mol. The van der Waals surface area contributed by atoms with Gasteiger partial charge in [0.15, 0.2) is 0 Å². The van der Waals surface area contributed by atoms with E-state index in [2.05, 4.69) is 37.6 Å². The van der Waals surface area contributed by atoms with E-state index in [1.807, 2.05) is 12.1 Å². The zero-order chi connectivity index (χ0) is 21.8. The third-order valence-corrected chi connectivity index (χ3v) is 5.87. The van der Waals surface area contributed by atoms with E-state index in [4.69, 9.17) is 0 Å². The van der Waals surface area contributed by atoms with Crippen LogP contribution in [0.4, 0.5) is 22.9 Å². The molecule has 0 radical (unpaired) electrons. The molecule has 0 atom stereocenters. The van der Waals surface area contributed by atoms with Crippen molar-refractivity contribution < 1.29 is 10.0 Å². The molecule has 2 heterocycles. The molecule has 3 N–H and O–H groups in total. The summed E-state index contributed by atoms with van der Waals surface area (Å²) in [5, 5.41) is 27.7. The van der Waals surface area contributed by atoms with E-state index in [0.717, 1.165) is 37.2 Å². The van der Waals surface area contributed by atoms with Gasteiger partial charge in [-0.05, 0) is 36.5 Å². The first kappa shape index (κ1) is 20.8. The Kier molecular flexibility index (Phi) is 6.13. The summed E-state index contributed by atoms with van der Waals surface area (Å²) in [6, 6.07) is 11.4. The Labute approximate surface area is 180 Å². The average molecular weight is 422 g/mol. The maximum Gasteiger partial charge on any atom is 0.293 e. The highest BCUT2D eigenvalue weighted by Crippen LogP contribution is 2.32. The van der Waals surface area contributed by atoms with Gasteiger partial charge in [0.05, 0.1) is 10.4 Å². The number of nitro benzene ring substituents is 1. The molecule has 0 amide bonds. The Morgan fingerprint density at radius 2 is 2.00 bits per heavy atom. The Balaban J connectivity index is 1.59. The molecule has 2 aromatic carbocycles. The maximum atomic E-state index is 11.5. The van der Waals surface area contributed by atoms with E-state index in [1.54, 1.807) is 13.1 Å². The summed E-state index contributed by atoms with van der Waals surface area (Å²) in [6.45, 7) is 2.61. The molecule has 162 valence electrons. The van der Waals surface area contributed by atoms with Gasteiger partial charge in [-0.1, -0.05) is 18.2 Å². The molecule has 1 saturated heterocycles. The highest BCUT2D eigenvalue weighted by Gasteiger charge is 2.21. The predicted octanol–water partition coefficient (Wildman–Crippen LogP) is 3.40. The molecule has 0 spiro atoms. The van der Waals surface area contributed by atoms with Crippen molar-refractivity contribution in [2.75, 3.05) is 42.3 Å². The predicted molar refractivity (Wildman–Crippen MR) is 122 cm³/mol. The van der Waals surface area contributed by atoms with Gasteiger partial charge in [-0.15, -0.1) is 0 Å². The summed E-state index contributed by atoms with van der Waals surface area (Å²) in [5.74, 6) is 0.941. The van der Waals surface area contributed by atoms with Crippen LogP contribution < -0.4 is 15.5 Å². The largest absolute Gasteiger partial charge is 0.396 e. The summed E-state index contributed by atoms with van der Waals surface area (Å²) < 4.78 is 0. The Hall–Kier alpha value is -3.46. The zero-order valence-electron chi connectivity index (χ0n) is 17.4. The van der Waals surface area contributed by atoms with Gasteiger partial charge in [0, 0.05) is 50.4 Å². The summed E-state index contributed by atoms with van der Waals surface area (Å²) >= 11 is 0. The number of aromatic nitrogens is 2. The maximum absolute atomic E-state index is 11.5. The van der Waals surface area contributed by atoms with Crippen LogP contribution in [-0.4, -0.2) is 46.7 Å². The minimum atomic E-state index is -0.409. The van der Waals surface area contributed by atoms with Gasteiger partial charge < -0.3 is 20.6 Å². The molecular weight excluding hydrogens is 396 g/mol. The summed E-state index contributed by atoms with van der Waals surface area (Å²) in [4.78, 5) is 22.0. The lowest BCUT2D eigenvalue weighted by atomic mass is 9.97. The molecule has 3 aromatic rings. The Morgan fingerprint density at radius 3 is 2.71 bits per heavy atom. The lowest BCUT2D eigenvalue weighted by Crippen LogP contribution is -2.35. The molecular formula is C22H26N6O3. The first-order chi connectivity index (χ1) is 15.1. The Bertz CT molecular complexity index is 1080. The molecule has 4 rings (SSSR count). The number of hydrogen-bond donors (Lipinski definition) is 3. The molecule has 0 bridgehead atoms. The topological polar surface area (TPSA) is 116 Å². The minimum absolute atomic E-state index is 0.0139. The third-order valence-electron chi connectivity index (χ3n) is 5.87. The smallest absolute Gasteiger partial charge is 0.293 e. The van der Waals surface area contributed by atoms with Crippen LogP contribution in [-0.2, 0) is 6.54 Å². The molecule has 1 fully saturated rings. The van der Waals surface area contributed by atoms with Crippen LogP contribution in [0.1, 0.15) is 18.4 Å². The third kappa shape index (κ3) is 4.36. The van der Waals surface area contributed by atoms with Gasteiger partial charge in [-0.3, -0.25) is 10.1 Å². The van der Waals surface area contributed by atoms with Crippen LogP contribution in [0.3, 0.4) is 0 Å². The van der Waals surface area contributed by atoms with E-state index in [0.29, 0.717) is 34.9 Å². The molecule has 31 heavy (non-hydrogen) atoms. The number of nitrogens with one attached hydrogen (secondary N) is 2. The van der Waals surface area contributed by atoms with Crippen LogP contribution in [0.5, 0.6) is 0 Å². The number of nitrogens with zero attached hydrogens (tertiary/aromatic N) is 4. The van der Waals surface area contributed by atoms with Crippen molar-refractivity contribution in [3.8, 4) is 0 Å². The molecule has 1 aliphatic heterocycles. The first-order valence-electron chi connectivity index (χ1n) is 10.4. The van der Waals surface area contributed by atoms with E-state index >= 15 is 0 Å². The second kappa shape index (κ2) is 9.13. The van der Waals surface area contributed by atoms with E-state index in [-0.39, 0.29) is 12.3 Å². The number of nitro groups is 1. The lowest BCUT2D eigenvalue weighted by molar-refractivity contribution is -0.383. The molecule has 9 heteroatoms. The SMILES string of the molecule is CNc1cc2ncnc(NCc3ccccc3N3CCC(CO)CC3)c2cc1[N+](=O)[O-]. The van der Waals surface area contributed by atoms with Crippen molar-refractivity contribution in [2.45, 2.75) is 19.4 Å². The molecule has 1 aliphatic rings. The fraction of sp³-hybridized carbons (Fsp3) is 0.364.